The van der Waals surface area contributed by atoms with Crippen molar-refractivity contribution in [2.24, 2.45) is 0 Å². The van der Waals surface area contributed by atoms with Crippen molar-refractivity contribution < 1.29 is 4.92 Å². The second kappa shape index (κ2) is 3.75. The van der Waals surface area contributed by atoms with Crippen LogP contribution in [0.4, 0.5) is 5.69 Å². The number of hydrogen-bond acceptors (Lipinski definition) is 4. The first kappa shape index (κ1) is 9.14. The lowest BCUT2D eigenvalue weighted by Gasteiger charge is -2.01. The fourth-order valence-electron chi connectivity index (χ4n) is 1.24. The van der Waals surface area contributed by atoms with Gasteiger partial charge >= 0.3 is 5.69 Å². The zero-order valence-electron chi connectivity index (χ0n) is 7.72. The predicted octanol–water partition coefficient (Wildman–Crippen LogP) is 0.543. The molecule has 6 heteroatoms. The Labute approximate surface area is 81.1 Å². The largest absolute Gasteiger partial charge is 0.312 e. The molecule has 0 spiro atoms. The van der Waals surface area contributed by atoms with Crippen LogP contribution in [-0.2, 0) is 6.54 Å². The van der Waals surface area contributed by atoms with Gasteiger partial charge in [0, 0.05) is 12.6 Å². The molecule has 6 nitrogen and oxygen atoms in total. The highest BCUT2D eigenvalue weighted by Gasteiger charge is 2.19. The van der Waals surface area contributed by atoms with Gasteiger partial charge in [-0.3, -0.25) is 14.8 Å². The summed E-state index contributed by atoms with van der Waals surface area (Å²) in [5.74, 6) is 0. The smallest absolute Gasteiger partial charge is 0.306 e. The van der Waals surface area contributed by atoms with Gasteiger partial charge in [0.05, 0.1) is 11.5 Å². The van der Waals surface area contributed by atoms with Crippen molar-refractivity contribution in [2.75, 3.05) is 6.54 Å². The molecule has 1 aromatic heterocycles. The third-order valence-electron chi connectivity index (χ3n) is 2.18. The van der Waals surface area contributed by atoms with Crippen LogP contribution in [0.25, 0.3) is 0 Å². The molecule has 1 aliphatic carbocycles. The molecule has 1 fully saturated rings. The number of nitro groups is 1. The second-order valence-electron chi connectivity index (χ2n) is 3.45. The average Bonchev–Trinajstić information content (AvgIpc) is 2.82. The molecule has 1 aromatic rings. The van der Waals surface area contributed by atoms with Crippen molar-refractivity contribution in [3.8, 4) is 0 Å². The van der Waals surface area contributed by atoms with Crippen LogP contribution >= 0.6 is 0 Å². The summed E-state index contributed by atoms with van der Waals surface area (Å²) >= 11 is 0. The van der Waals surface area contributed by atoms with E-state index in [2.05, 4.69) is 10.4 Å². The molecule has 1 saturated carbocycles. The Bertz CT molecular complexity index is 332. The molecule has 2 rings (SSSR count). The van der Waals surface area contributed by atoms with Crippen molar-refractivity contribution >= 4 is 5.69 Å². The van der Waals surface area contributed by atoms with Crippen LogP contribution in [0, 0.1) is 10.1 Å². The molecule has 0 aliphatic heterocycles. The predicted molar refractivity (Wildman–Crippen MR) is 49.9 cm³/mol. The lowest BCUT2D eigenvalue weighted by Crippen LogP contribution is -2.21. The SMILES string of the molecule is O=[N+]([O-])c1cnn(CCNC2CC2)c1. The third kappa shape index (κ3) is 2.29. The molecule has 1 aliphatic rings. The zero-order chi connectivity index (χ0) is 9.97. The van der Waals surface area contributed by atoms with Crippen molar-refractivity contribution in [2.45, 2.75) is 25.4 Å². The molecular formula is C8H12N4O2. The Hall–Kier alpha value is -1.43. The Morgan fingerprint density at radius 1 is 1.71 bits per heavy atom. The summed E-state index contributed by atoms with van der Waals surface area (Å²) in [5.41, 5.74) is 0.0522. The van der Waals surface area contributed by atoms with E-state index in [4.69, 9.17) is 0 Å². The Balaban J connectivity index is 1.79. The van der Waals surface area contributed by atoms with E-state index in [-0.39, 0.29) is 5.69 Å². The van der Waals surface area contributed by atoms with Crippen molar-refractivity contribution in [1.29, 1.82) is 0 Å². The molecule has 76 valence electrons. The van der Waals surface area contributed by atoms with Gasteiger partial charge in [-0.2, -0.15) is 5.10 Å². The highest BCUT2D eigenvalue weighted by molar-refractivity contribution is 5.20. The van der Waals surface area contributed by atoms with Crippen LogP contribution in [0.15, 0.2) is 12.4 Å². The first-order chi connectivity index (χ1) is 6.75. The molecule has 0 aromatic carbocycles. The molecule has 0 atom stereocenters. The van der Waals surface area contributed by atoms with Gasteiger partial charge in [-0.05, 0) is 12.8 Å². The monoisotopic (exact) mass is 196 g/mol. The Morgan fingerprint density at radius 3 is 3.07 bits per heavy atom. The third-order valence-corrected chi connectivity index (χ3v) is 2.18. The van der Waals surface area contributed by atoms with Crippen molar-refractivity contribution in [3.05, 3.63) is 22.5 Å². The standard InChI is InChI=1S/C8H12N4O2/c13-12(14)8-5-10-11(6-8)4-3-9-7-1-2-7/h5-7,9H,1-4H2. The Morgan fingerprint density at radius 2 is 2.50 bits per heavy atom. The maximum absolute atomic E-state index is 10.3. The van der Waals surface area contributed by atoms with E-state index in [0.29, 0.717) is 12.6 Å². The summed E-state index contributed by atoms with van der Waals surface area (Å²) in [6.45, 7) is 1.51. The molecule has 0 bridgehead atoms. The van der Waals surface area contributed by atoms with Crippen LogP contribution in [-0.4, -0.2) is 27.3 Å². The summed E-state index contributed by atoms with van der Waals surface area (Å²) in [6, 6.07) is 0.667. The fraction of sp³-hybridized carbons (Fsp3) is 0.625. The average molecular weight is 196 g/mol. The summed E-state index contributed by atoms with van der Waals surface area (Å²) in [7, 11) is 0. The summed E-state index contributed by atoms with van der Waals surface area (Å²) in [5, 5.41) is 17.5. The van der Waals surface area contributed by atoms with Crippen molar-refractivity contribution in [3.63, 3.8) is 0 Å². The minimum atomic E-state index is -0.433. The van der Waals surface area contributed by atoms with Gasteiger partial charge in [0.2, 0.25) is 0 Å². The first-order valence-corrected chi connectivity index (χ1v) is 4.66. The quantitative estimate of drug-likeness (QED) is 0.551. The van der Waals surface area contributed by atoms with Gasteiger partial charge in [-0.1, -0.05) is 0 Å². The number of nitrogens with zero attached hydrogens (tertiary/aromatic N) is 3. The van der Waals surface area contributed by atoms with Gasteiger partial charge in [0.1, 0.15) is 12.4 Å². The van der Waals surface area contributed by atoms with E-state index in [1.807, 2.05) is 0 Å². The molecule has 1 N–H and O–H groups in total. The molecule has 0 radical (unpaired) electrons. The highest BCUT2D eigenvalue weighted by atomic mass is 16.6. The number of hydrogen-bond donors (Lipinski definition) is 1. The van der Waals surface area contributed by atoms with E-state index < -0.39 is 4.92 Å². The van der Waals surface area contributed by atoms with Gasteiger partial charge < -0.3 is 5.32 Å². The van der Waals surface area contributed by atoms with Gasteiger partial charge in [0.25, 0.3) is 0 Å². The highest BCUT2D eigenvalue weighted by Crippen LogP contribution is 2.18. The summed E-state index contributed by atoms with van der Waals surface area (Å²) < 4.78 is 1.59. The second-order valence-corrected chi connectivity index (χ2v) is 3.45. The molecular weight excluding hydrogens is 184 g/mol. The molecule has 0 saturated heterocycles. The topological polar surface area (TPSA) is 73.0 Å². The minimum Gasteiger partial charge on any atom is -0.312 e. The van der Waals surface area contributed by atoms with Crippen LogP contribution in [0.5, 0.6) is 0 Å². The maximum atomic E-state index is 10.3. The fourth-order valence-corrected chi connectivity index (χ4v) is 1.24. The van der Waals surface area contributed by atoms with E-state index in [0.717, 1.165) is 6.54 Å². The zero-order valence-corrected chi connectivity index (χ0v) is 7.72. The summed E-state index contributed by atoms with van der Waals surface area (Å²) in [4.78, 5) is 9.91. The summed E-state index contributed by atoms with van der Waals surface area (Å²) in [6.07, 6.45) is 5.23. The molecule has 0 amide bonds. The van der Waals surface area contributed by atoms with Gasteiger partial charge in [-0.25, -0.2) is 0 Å². The van der Waals surface area contributed by atoms with Crippen molar-refractivity contribution in [1.82, 2.24) is 15.1 Å². The normalized spacial score (nSPS) is 15.7. The van der Waals surface area contributed by atoms with Crippen LogP contribution in [0.1, 0.15) is 12.8 Å². The van der Waals surface area contributed by atoms with E-state index in [9.17, 15) is 10.1 Å². The Kier molecular flexibility index (Phi) is 2.45. The van der Waals surface area contributed by atoms with E-state index in [1.165, 1.54) is 25.2 Å². The number of nitrogens with one attached hydrogen (secondary N) is 1. The molecule has 14 heavy (non-hydrogen) atoms. The minimum absolute atomic E-state index is 0.0522. The maximum Gasteiger partial charge on any atom is 0.306 e. The molecule has 0 unspecified atom stereocenters. The van der Waals surface area contributed by atoms with E-state index >= 15 is 0 Å². The van der Waals surface area contributed by atoms with Crippen LogP contribution in [0.2, 0.25) is 0 Å². The number of rotatable bonds is 5. The number of aromatic nitrogens is 2. The lowest BCUT2D eigenvalue weighted by molar-refractivity contribution is -0.385. The van der Waals surface area contributed by atoms with Gasteiger partial charge in [0.15, 0.2) is 0 Å². The molecule has 1 heterocycles. The van der Waals surface area contributed by atoms with E-state index in [1.54, 1.807) is 4.68 Å². The first-order valence-electron chi connectivity index (χ1n) is 4.66. The van der Waals surface area contributed by atoms with Gasteiger partial charge in [-0.15, -0.1) is 0 Å². The van der Waals surface area contributed by atoms with Crippen LogP contribution in [0.3, 0.4) is 0 Å². The lowest BCUT2D eigenvalue weighted by atomic mass is 10.5. The van der Waals surface area contributed by atoms with Crippen LogP contribution < -0.4 is 5.32 Å².